The predicted octanol–water partition coefficient (Wildman–Crippen LogP) is 4.19. The number of pyridine rings is 1. The molecule has 3 N–H and O–H groups in total. The Morgan fingerprint density at radius 1 is 1.06 bits per heavy atom. The molecule has 164 valence electrons. The van der Waals surface area contributed by atoms with Crippen molar-refractivity contribution >= 4 is 5.91 Å². The molecule has 0 spiro atoms. The summed E-state index contributed by atoms with van der Waals surface area (Å²) < 4.78 is 14.0. The number of phenolic OH excluding ortho intramolecular Hbond substituents is 1. The Bertz CT molecular complexity index is 1350. The Morgan fingerprint density at radius 3 is 2.55 bits per heavy atom. The first kappa shape index (κ1) is 21.8. The van der Waals surface area contributed by atoms with Gasteiger partial charge in [0.05, 0.1) is 17.8 Å². The number of halogens is 1. The number of carbonyl (C=O) groups excluding carboxylic acids is 1. The normalized spacial score (nSPS) is 11.4. The van der Waals surface area contributed by atoms with Crippen LogP contribution in [-0.4, -0.2) is 26.2 Å². The Balaban J connectivity index is 1.68. The molecule has 0 aliphatic carbocycles. The largest absolute Gasteiger partial charge is 0.508 e. The third kappa shape index (κ3) is 5.25. The van der Waals surface area contributed by atoms with Crippen LogP contribution < -0.4 is 5.32 Å². The van der Waals surface area contributed by atoms with E-state index in [0.717, 1.165) is 11.1 Å². The van der Waals surface area contributed by atoms with Gasteiger partial charge in [-0.05, 0) is 49.7 Å². The van der Waals surface area contributed by atoms with Crippen molar-refractivity contribution in [3.63, 3.8) is 0 Å². The number of aromatic nitrogens is 3. The molecule has 2 aromatic carbocycles. The van der Waals surface area contributed by atoms with E-state index < -0.39 is 17.8 Å². The van der Waals surface area contributed by atoms with Crippen LogP contribution in [0, 0.1) is 31.5 Å². The molecule has 0 radical (unpaired) electrons. The molecule has 1 amide bonds. The molecule has 0 saturated carbocycles. The molecule has 4 rings (SSSR count). The van der Waals surface area contributed by atoms with Gasteiger partial charge in [-0.1, -0.05) is 41.7 Å². The first-order chi connectivity index (χ1) is 15.9. The number of nitrogens with one attached hydrogen (secondary N) is 2. The lowest BCUT2D eigenvalue weighted by Crippen LogP contribution is -2.30. The number of amides is 1. The number of rotatable bonds is 4. The van der Waals surface area contributed by atoms with Crippen LogP contribution in [0.5, 0.6) is 5.75 Å². The summed E-state index contributed by atoms with van der Waals surface area (Å²) in [6.45, 7) is 3.72. The van der Waals surface area contributed by atoms with E-state index in [0.29, 0.717) is 16.8 Å². The fourth-order valence-corrected chi connectivity index (χ4v) is 3.38. The van der Waals surface area contributed by atoms with E-state index in [9.17, 15) is 14.3 Å². The lowest BCUT2D eigenvalue weighted by molar-refractivity contribution is 0.0937. The van der Waals surface area contributed by atoms with Crippen LogP contribution in [0.3, 0.4) is 0 Å². The standard InChI is InChI=1S/C26H21FN4O2/c1-16-3-7-20(8-4-16)25(22-13-21(27)9-10-24(22)32)31-26(33)23-12-18(11-17(2)30-23)5-6-19-14-28-29-15-19/h3-4,7-15,25,32H,1-2H3,(H,28,29)(H,31,33). The molecule has 2 heterocycles. The maximum absolute atomic E-state index is 14.0. The molecule has 4 aromatic rings. The van der Waals surface area contributed by atoms with Crippen molar-refractivity contribution in [3.8, 4) is 17.6 Å². The molecule has 1 unspecified atom stereocenters. The molecule has 0 bridgehead atoms. The Morgan fingerprint density at radius 2 is 1.82 bits per heavy atom. The van der Waals surface area contributed by atoms with E-state index >= 15 is 0 Å². The van der Waals surface area contributed by atoms with Crippen LogP contribution in [0.25, 0.3) is 0 Å². The number of H-pyrrole nitrogens is 1. The van der Waals surface area contributed by atoms with Crippen molar-refractivity contribution in [2.24, 2.45) is 0 Å². The van der Waals surface area contributed by atoms with Crippen molar-refractivity contribution in [3.05, 3.63) is 112 Å². The first-order valence-corrected chi connectivity index (χ1v) is 10.2. The summed E-state index contributed by atoms with van der Waals surface area (Å²) in [7, 11) is 0. The zero-order valence-electron chi connectivity index (χ0n) is 18.1. The molecule has 6 nitrogen and oxygen atoms in total. The summed E-state index contributed by atoms with van der Waals surface area (Å²) in [6, 6.07) is 13.7. The number of phenols is 1. The summed E-state index contributed by atoms with van der Waals surface area (Å²) in [6.07, 6.45) is 3.28. The van der Waals surface area contributed by atoms with E-state index in [4.69, 9.17) is 0 Å². The number of nitrogens with zero attached hydrogens (tertiary/aromatic N) is 2. The van der Waals surface area contributed by atoms with E-state index in [1.54, 1.807) is 31.5 Å². The fourth-order valence-electron chi connectivity index (χ4n) is 3.38. The second-order valence-electron chi connectivity index (χ2n) is 7.64. The number of benzene rings is 2. The summed E-state index contributed by atoms with van der Waals surface area (Å²) in [5.74, 6) is 4.86. The molecule has 0 aliphatic rings. The molecule has 1 atom stereocenters. The van der Waals surface area contributed by atoms with Gasteiger partial charge in [-0.15, -0.1) is 0 Å². The molecule has 0 saturated heterocycles. The maximum atomic E-state index is 14.0. The number of carbonyl (C=O) groups is 1. The van der Waals surface area contributed by atoms with Gasteiger partial charge in [0.2, 0.25) is 0 Å². The topological polar surface area (TPSA) is 90.9 Å². The predicted molar refractivity (Wildman–Crippen MR) is 122 cm³/mol. The van der Waals surface area contributed by atoms with Crippen LogP contribution >= 0.6 is 0 Å². The first-order valence-electron chi connectivity index (χ1n) is 10.2. The van der Waals surface area contributed by atoms with Crippen LogP contribution in [0.4, 0.5) is 4.39 Å². The zero-order valence-corrected chi connectivity index (χ0v) is 18.1. The third-order valence-corrected chi connectivity index (χ3v) is 5.02. The van der Waals surface area contributed by atoms with Crippen LogP contribution in [0.2, 0.25) is 0 Å². The summed E-state index contributed by atoms with van der Waals surface area (Å²) >= 11 is 0. The lowest BCUT2D eigenvalue weighted by Gasteiger charge is -2.21. The number of aryl methyl sites for hydroxylation is 2. The van der Waals surface area contributed by atoms with Gasteiger partial charge in [0.25, 0.3) is 5.91 Å². The highest BCUT2D eigenvalue weighted by Crippen LogP contribution is 2.30. The van der Waals surface area contributed by atoms with E-state index in [2.05, 4.69) is 32.3 Å². The second kappa shape index (κ2) is 9.37. The summed E-state index contributed by atoms with van der Waals surface area (Å²) in [5, 5.41) is 19.8. The Kier molecular flexibility index (Phi) is 6.18. The van der Waals surface area contributed by atoms with Crippen LogP contribution in [0.15, 0.2) is 67.0 Å². The number of hydrogen-bond acceptors (Lipinski definition) is 4. The van der Waals surface area contributed by atoms with Gasteiger partial charge in [0.1, 0.15) is 17.3 Å². The van der Waals surface area contributed by atoms with Gasteiger partial charge in [-0.3, -0.25) is 9.89 Å². The molecule has 33 heavy (non-hydrogen) atoms. The van der Waals surface area contributed by atoms with Crippen molar-refractivity contribution in [2.45, 2.75) is 19.9 Å². The van der Waals surface area contributed by atoms with Crippen LogP contribution in [0.1, 0.15) is 50.0 Å². The lowest BCUT2D eigenvalue weighted by atomic mass is 9.96. The van der Waals surface area contributed by atoms with Gasteiger partial charge in [-0.25, -0.2) is 9.37 Å². The van der Waals surface area contributed by atoms with E-state index in [-0.39, 0.29) is 17.0 Å². The molecular formula is C26H21FN4O2. The minimum absolute atomic E-state index is 0.119. The van der Waals surface area contributed by atoms with Crippen molar-refractivity contribution < 1.29 is 14.3 Å². The van der Waals surface area contributed by atoms with Gasteiger partial charge < -0.3 is 10.4 Å². The zero-order chi connectivity index (χ0) is 23.4. The Labute approximate surface area is 190 Å². The molecule has 0 aliphatic heterocycles. The summed E-state index contributed by atoms with van der Waals surface area (Å²) in [4.78, 5) is 17.5. The smallest absolute Gasteiger partial charge is 0.270 e. The van der Waals surface area contributed by atoms with Gasteiger partial charge in [-0.2, -0.15) is 5.10 Å². The van der Waals surface area contributed by atoms with E-state index in [1.807, 2.05) is 31.2 Å². The van der Waals surface area contributed by atoms with Crippen LogP contribution in [-0.2, 0) is 0 Å². The minimum Gasteiger partial charge on any atom is -0.508 e. The number of aromatic hydroxyl groups is 1. The molecule has 0 fully saturated rings. The molecular weight excluding hydrogens is 419 g/mol. The average Bonchev–Trinajstić information content (AvgIpc) is 3.32. The number of aromatic amines is 1. The van der Waals surface area contributed by atoms with E-state index in [1.165, 1.54) is 18.2 Å². The monoisotopic (exact) mass is 440 g/mol. The fraction of sp³-hybridized carbons (Fsp3) is 0.115. The SMILES string of the molecule is Cc1ccc(C(NC(=O)c2cc(C#Cc3cn[nH]c3)cc(C)n2)c2cc(F)ccc2O)cc1. The summed E-state index contributed by atoms with van der Waals surface area (Å²) in [5.41, 5.74) is 4.11. The third-order valence-electron chi connectivity index (χ3n) is 5.02. The van der Waals surface area contributed by atoms with Crippen molar-refractivity contribution in [2.75, 3.05) is 0 Å². The highest BCUT2D eigenvalue weighted by molar-refractivity contribution is 5.93. The highest BCUT2D eigenvalue weighted by Gasteiger charge is 2.22. The van der Waals surface area contributed by atoms with Gasteiger partial charge >= 0.3 is 0 Å². The molecule has 7 heteroatoms. The molecule has 2 aromatic heterocycles. The number of hydrogen-bond donors (Lipinski definition) is 3. The minimum atomic E-state index is -0.781. The highest BCUT2D eigenvalue weighted by atomic mass is 19.1. The average molecular weight is 440 g/mol. The quantitative estimate of drug-likeness (QED) is 0.415. The van der Waals surface area contributed by atoms with Gasteiger partial charge in [0, 0.05) is 23.0 Å². The van der Waals surface area contributed by atoms with Crippen molar-refractivity contribution in [1.29, 1.82) is 0 Å². The van der Waals surface area contributed by atoms with Gasteiger partial charge in [0.15, 0.2) is 0 Å². The van der Waals surface area contributed by atoms with Crippen molar-refractivity contribution in [1.82, 2.24) is 20.5 Å². The maximum Gasteiger partial charge on any atom is 0.270 e. The Hall–Kier alpha value is -4.44. The second-order valence-corrected chi connectivity index (χ2v) is 7.64.